The molecule has 1 saturated heterocycles. The van der Waals surface area contributed by atoms with E-state index in [9.17, 15) is 9.59 Å². The summed E-state index contributed by atoms with van der Waals surface area (Å²) >= 11 is 12.3. The fourth-order valence-electron chi connectivity index (χ4n) is 3.05. The summed E-state index contributed by atoms with van der Waals surface area (Å²) in [6, 6.07) is 9.91. The molecule has 1 N–H and O–H groups in total. The molecule has 0 saturated carbocycles. The van der Waals surface area contributed by atoms with Crippen LogP contribution >= 0.6 is 23.2 Å². The summed E-state index contributed by atoms with van der Waals surface area (Å²) in [5.41, 5.74) is 1.83. The summed E-state index contributed by atoms with van der Waals surface area (Å²) < 4.78 is 1.37. The number of carbonyl (C=O) groups excluding carboxylic acids is 2. The Balaban J connectivity index is 1.66. The van der Waals surface area contributed by atoms with Gasteiger partial charge >= 0.3 is 0 Å². The molecule has 0 spiro atoms. The number of aromatic nitrogens is 4. The normalized spacial score (nSPS) is 13.8. The SMILES string of the molecule is O=C(Nc1cc(N2CCCC2=O)ccc1Cl)c1cc(Cl)ccc1-n1cnnn1. The van der Waals surface area contributed by atoms with E-state index in [2.05, 4.69) is 20.8 Å². The van der Waals surface area contributed by atoms with E-state index in [-0.39, 0.29) is 11.5 Å². The number of carbonyl (C=O) groups is 2. The summed E-state index contributed by atoms with van der Waals surface area (Å²) in [5, 5.41) is 14.5. The van der Waals surface area contributed by atoms with Gasteiger partial charge in [0.05, 0.1) is 22.0 Å². The molecule has 2 amide bonds. The van der Waals surface area contributed by atoms with Crippen LogP contribution in [0.3, 0.4) is 0 Å². The van der Waals surface area contributed by atoms with Gasteiger partial charge in [0.2, 0.25) is 5.91 Å². The van der Waals surface area contributed by atoms with Crippen LogP contribution < -0.4 is 10.2 Å². The summed E-state index contributed by atoms with van der Waals surface area (Å²) in [4.78, 5) is 26.6. The Morgan fingerprint density at radius 1 is 1.14 bits per heavy atom. The molecule has 1 aliphatic rings. The second-order valence-electron chi connectivity index (χ2n) is 6.18. The van der Waals surface area contributed by atoms with Crippen molar-refractivity contribution in [2.75, 3.05) is 16.8 Å². The van der Waals surface area contributed by atoms with Gasteiger partial charge in [0.25, 0.3) is 5.91 Å². The zero-order valence-corrected chi connectivity index (χ0v) is 16.0. The van der Waals surface area contributed by atoms with Crippen LogP contribution in [0.2, 0.25) is 10.0 Å². The largest absolute Gasteiger partial charge is 0.320 e. The Morgan fingerprint density at radius 3 is 2.71 bits per heavy atom. The molecule has 3 aromatic rings. The van der Waals surface area contributed by atoms with E-state index in [1.165, 1.54) is 17.1 Å². The quantitative estimate of drug-likeness (QED) is 0.703. The van der Waals surface area contributed by atoms with Gasteiger partial charge in [-0.15, -0.1) is 5.10 Å². The molecule has 28 heavy (non-hydrogen) atoms. The third kappa shape index (κ3) is 3.56. The minimum absolute atomic E-state index is 0.0513. The zero-order chi connectivity index (χ0) is 19.7. The average molecular weight is 417 g/mol. The van der Waals surface area contributed by atoms with E-state index >= 15 is 0 Å². The van der Waals surface area contributed by atoms with Crippen LogP contribution in [0.15, 0.2) is 42.7 Å². The number of tetrazole rings is 1. The second kappa shape index (κ2) is 7.57. The highest BCUT2D eigenvalue weighted by Gasteiger charge is 2.23. The molecular formula is C18H14Cl2N6O2. The van der Waals surface area contributed by atoms with Crippen molar-refractivity contribution < 1.29 is 9.59 Å². The molecule has 1 aromatic heterocycles. The van der Waals surface area contributed by atoms with Crippen LogP contribution in [0.1, 0.15) is 23.2 Å². The van der Waals surface area contributed by atoms with Gasteiger partial charge < -0.3 is 10.2 Å². The highest BCUT2D eigenvalue weighted by Crippen LogP contribution is 2.31. The molecule has 0 unspecified atom stereocenters. The Morgan fingerprint density at radius 2 is 2.00 bits per heavy atom. The molecule has 1 aliphatic heterocycles. The maximum absolute atomic E-state index is 12.9. The number of hydrogen-bond acceptors (Lipinski definition) is 5. The fourth-order valence-corrected chi connectivity index (χ4v) is 3.39. The van der Waals surface area contributed by atoms with Crippen molar-refractivity contribution in [3.8, 4) is 5.69 Å². The van der Waals surface area contributed by atoms with E-state index in [0.29, 0.717) is 40.1 Å². The maximum atomic E-state index is 12.9. The van der Waals surface area contributed by atoms with Crippen LogP contribution in [0.25, 0.3) is 5.69 Å². The lowest BCUT2D eigenvalue weighted by atomic mass is 10.1. The molecule has 0 atom stereocenters. The molecule has 10 heteroatoms. The van der Waals surface area contributed by atoms with Crippen LogP contribution in [0.5, 0.6) is 0 Å². The van der Waals surface area contributed by atoms with Crippen molar-refractivity contribution in [1.82, 2.24) is 20.2 Å². The van der Waals surface area contributed by atoms with Gasteiger partial charge in [-0.2, -0.15) is 4.68 Å². The number of nitrogens with one attached hydrogen (secondary N) is 1. The first-order valence-corrected chi connectivity index (χ1v) is 9.23. The first-order chi connectivity index (χ1) is 13.5. The molecule has 2 heterocycles. The Bertz CT molecular complexity index is 1050. The summed E-state index contributed by atoms with van der Waals surface area (Å²) in [6.07, 6.45) is 2.70. The summed E-state index contributed by atoms with van der Waals surface area (Å²) in [5.74, 6) is -0.379. The summed E-state index contributed by atoms with van der Waals surface area (Å²) in [6.45, 7) is 0.644. The van der Waals surface area contributed by atoms with Crippen molar-refractivity contribution in [3.05, 3.63) is 58.3 Å². The molecule has 4 rings (SSSR count). The zero-order valence-electron chi connectivity index (χ0n) is 14.5. The molecular weight excluding hydrogens is 403 g/mol. The first-order valence-electron chi connectivity index (χ1n) is 8.47. The molecule has 0 radical (unpaired) electrons. The number of rotatable bonds is 4. The summed E-state index contributed by atoms with van der Waals surface area (Å²) in [7, 11) is 0. The van der Waals surface area contributed by atoms with E-state index in [4.69, 9.17) is 23.2 Å². The van der Waals surface area contributed by atoms with Gasteiger partial charge in [0.1, 0.15) is 6.33 Å². The third-order valence-electron chi connectivity index (χ3n) is 4.38. The van der Waals surface area contributed by atoms with Crippen molar-refractivity contribution in [1.29, 1.82) is 0 Å². The predicted molar refractivity (Wildman–Crippen MR) is 105 cm³/mol. The minimum Gasteiger partial charge on any atom is -0.320 e. The first kappa shape index (κ1) is 18.4. The van der Waals surface area contributed by atoms with E-state index in [1.54, 1.807) is 35.2 Å². The molecule has 0 aliphatic carbocycles. The molecule has 2 aromatic carbocycles. The van der Waals surface area contributed by atoms with Gasteiger partial charge in [-0.05, 0) is 53.2 Å². The van der Waals surface area contributed by atoms with Gasteiger partial charge in [0, 0.05) is 23.7 Å². The van der Waals surface area contributed by atoms with Crippen LogP contribution in [-0.4, -0.2) is 38.6 Å². The van der Waals surface area contributed by atoms with Crippen molar-refractivity contribution >= 4 is 46.4 Å². The lowest BCUT2D eigenvalue weighted by molar-refractivity contribution is -0.117. The van der Waals surface area contributed by atoms with E-state index in [0.717, 1.165) is 6.42 Å². The fraction of sp³-hybridized carbons (Fsp3) is 0.167. The lowest BCUT2D eigenvalue weighted by Crippen LogP contribution is -2.24. The maximum Gasteiger partial charge on any atom is 0.257 e. The van der Waals surface area contributed by atoms with E-state index in [1.807, 2.05) is 0 Å². The van der Waals surface area contributed by atoms with Crippen molar-refractivity contribution in [2.24, 2.45) is 0 Å². The molecule has 8 nitrogen and oxygen atoms in total. The van der Waals surface area contributed by atoms with E-state index < -0.39 is 5.91 Å². The predicted octanol–water partition coefficient (Wildman–Crippen LogP) is 3.35. The Kier molecular flexibility index (Phi) is 4.97. The number of benzene rings is 2. The molecule has 142 valence electrons. The average Bonchev–Trinajstić information content (AvgIpc) is 3.35. The minimum atomic E-state index is -0.431. The topological polar surface area (TPSA) is 93.0 Å². The highest BCUT2D eigenvalue weighted by atomic mass is 35.5. The van der Waals surface area contributed by atoms with Gasteiger partial charge in [-0.1, -0.05) is 23.2 Å². The Labute approximate surface area is 170 Å². The van der Waals surface area contributed by atoms with Crippen LogP contribution in [0.4, 0.5) is 11.4 Å². The third-order valence-corrected chi connectivity index (χ3v) is 4.95. The van der Waals surface area contributed by atoms with Gasteiger partial charge in [-0.3, -0.25) is 9.59 Å². The molecule has 0 bridgehead atoms. The van der Waals surface area contributed by atoms with Crippen molar-refractivity contribution in [2.45, 2.75) is 12.8 Å². The van der Waals surface area contributed by atoms with Gasteiger partial charge in [-0.25, -0.2) is 0 Å². The lowest BCUT2D eigenvalue weighted by Gasteiger charge is -2.18. The number of nitrogens with zero attached hydrogens (tertiary/aromatic N) is 5. The smallest absolute Gasteiger partial charge is 0.257 e. The number of amides is 2. The van der Waals surface area contributed by atoms with Crippen LogP contribution in [0, 0.1) is 0 Å². The monoisotopic (exact) mass is 416 g/mol. The number of halogens is 2. The highest BCUT2D eigenvalue weighted by molar-refractivity contribution is 6.34. The number of hydrogen-bond donors (Lipinski definition) is 1. The standard InChI is InChI=1S/C18H14Cl2N6O2/c19-11-3-6-16(26-10-21-23-24-26)13(8-11)18(28)22-15-9-12(4-5-14(15)20)25-7-1-2-17(25)27/h3-6,8-10H,1-2,7H2,(H,22,28). The van der Waals surface area contributed by atoms with Gasteiger partial charge in [0.15, 0.2) is 0 Å². The van der Waals surface area contributed by atoms with Crippen LogP contribution in [-0.2, 0) is 4.79 Å². The Hall–Kier alpha value is -2.97. The number of anilines is 2. The van der Waals surface area contributed by atoms with Crippen molar-refractivity contribution in [3.63, 3.8) is 0 Å². The second-order valence-corrected chi connectivity index (χ2v) is 7.03. The molecule has 1 fully saturated rings.